The van der Waals surface area contributed by atoms with Crippen LogP contribution in [-0.2, 0) is 4.79 Å². The Labute approximate surface area is 116 Å². The Morgan fingerprint density at radius 3 is 2.68 bits per heavy atom. The minimum atomic E-state index is -0.760. The molecule has 5 nitrogen and oxygen atoms in total. The van der Waals surface area contributed by atoms with E-state index < -0.39 is 5.97 Å². The van der Waals surface area contributed by atoms with Gasteiger partial charge in [-0.3, -0.25) is 9.59 Å². The number of rotatable bonds is 3. The molecule has 0 aliphatic heterocycles. The van der Waals surface area contributed by atoms with Gasteiger partial charge < -0.3 is 10.4 Å². The van der Waals surface area contributed by atoms with Crippen molar-refractivity contribution in [3.8, 4) is 0 Å². The van der Waals surface area contributed by atoms with Gasteiger partial charge in [-0.2, -0.15) is 0 Å². The highest BCUT2D eigenvalue weighted by atomic mass is 32.1. The standard InChI is InChI=1S/C13H18N2O3S/c1-7-11(19-8(2)14-7)12(16)15-10-5-3-4-9(6-10)13(17)18/h9-10H,3-6H2,1-2H3,(H,15,16)(H,17,18). The average Bonchev–Trinajstić information content (AvgIpc) is 2.69. The number of nitrogens with one attached hydrogen (secondary N) is 1. The number of nitrogens with zero attached hydrogens (tertiary/aromatic N) is 1. The summed E-state index contributed by atoms with van der Waals surface area (Å²) in [6.45, 7) is 3.69. The lowest BCUT2D eigenvalue weighted by Gasteiger charge is -2.27. The highest BCUT2D eigenvalue weighted by Crippen LogP contribution is 2.25. The van der Waals surface area contributed by atoms with Gasteiger partial charge in [-0.05, 0) is 33.1 Å². The first-order valence-electron chi connectivity index (χ1n) is 6.45. The van der Waals surface area contributed by atoms with Gasteiger partial charge in [0.1, 0.15) is 4.88 Å². The number of aryl methyl sites for hydroxylation is 2. The summed E-state index contributed by atoms with van der Waals surface area (Å²) >= 11 is 1.38. The van der Waals surface area contributed by atoms with E-state index in [1.807, 2.05) is 13.8 Å². The fourth-order valence-corrected chi connectivity index (χ4v) is 3.36. The van der Waals surface area contributed by atoms with Crippen LogP contribution in [0.5, 0.6) is 0 Å². The summed E-state index contributed by atoms with van der Waals surface area (Å²) in [7, 11) is 0. The van der Waals surface area contributed by atoms with E-state index in [2.05, 4.69) is 10.3 Å². The summed E-state index contributed by atoms with van der Waals surface area (Å²) in [5, 5.41) is 12.8. The van der Waals surface area contributed by atoms with Crippen molar-refractivity contribution in [3.63, 3.8) is 0 Å². The second-order valence-electron chi connectivity index (χ2n) is 5.02. The zero-order valence-corrected chi connectivity index (χ0v) is 11.9. The molecule has 19 heavy (non-hydrogen) atoms. The van der Waals surface area contributed by atoms with E-state index in [0.29, 0.717) is 17.7 Å². The number of amides is 1. The average molecular weight is 282 g/mol. The fourth-order valence-electron chi connectivity index (χ4n) is 2.54. The van der Waals surface area contributed by atoms with Gasteiger partial charge in [-0.15, -0.1) is 11.3 Å². The Balaban J connectivity index is 1.99. The number of hydrogen-bond acceptors (Lipinski definition) is 4. The summed E-state index contributed by atoms with van der Waals surface area (Å²) in [6, 6.07) is -0.0378. The van der Waals surface area contributed by atoms with E-state index in [4.69, 9.17) is 5.11 Å². The molecule has 1 amide bonds. The van der Waals surface area contributed by atoms with E-state index in [1.165, 1.54) is 11.3 Å². The number of hydrogen-bond donors (Lipinski definition) is 2. The molecule has 0 spiro atoms. The smallest absolute Gasteiger partial charge is 0.306 e. The molecule has 0 aromatic carbocycles. The van der Waals surface area contributed by atoms with Gasteiger partial charge in [0.25, 0.3) is 5.91 Å². The van der Waals surface area contributed by atoms with E-state index in [0.717, 1.165) is 23.5 Å². The first-order chi connectivity index (χ1) is 8.97. The van der Waals surface area contributed by atoms with Gasteiger partial charge in [0, 0.05) is 6.04 Å². The normalized spacial score (nSPS) is 23.1. The van der Waals surface area contributed by atoms with Crippen molar-refractivity contribution in [1.82, 2.24) is 10.3 Å². The van der Waals surface area contributed by atoms with Crippen molar-refractivity contribution >= 4 is 23.2 Å². The Kier molecular flexibility index (Phi) is 4.19. The van der Waals surface area contributed by atoms with Gasteiger partial charge in [0.15, 0.2) is 0 Å². The molecule has 104 valence electrons. The number of carboxylic acids is 1. The van der Waals surface area contributed by atoms with Crippen molar-refractivity contribution in [2.75, 3.05) is 0 Å². The first-order valence-corrected chi connectivity index (χ1v) is 7.26. The van der Waals surface area contributed by atoms with Crippen LogP contribution in [0, 0.1) is 19.8 Å². The number of carbonyl (C=O) groups is 2. The lowest BCUT2D eigenvalue weighted by atomic mass is 9.86. The molecule has 0 bridgehead atoms. The van der Waals surface area contributed by atoms with Crippen LogP contribution >= 0.6 is 11.3 Å². The van der Waals surface area contributed by atoms with E-state index in [9.17, 15) is 9.59 Å². The van der Waals surface area contributed by atoms with Crippen molar-refractivity contribution in [1.29, 1.82) is 0 Å². The van der Waals surface area contributed by atoms with Crippen molar-refractivity contribution < 1.29 is 14.7 Å². The molecule has 1 aromatic rings. The highest BCUT2D eigenvalue weighted by Gasteiger charge is 2.28. The van der Waals surface area contributed by atoms with Crippen LogP contribution in [0.2, 0.25) is 0 Å². The molecular weight excluding hydrogens is 264 g/mol. The molecule has 2 rings (SSSR count). The van der Waals surface area contributed by atoms with Crippen LogP contribution in [-0.4, -0.2) is 28.0 Å². The Morgan fingerprint density at radius 2 is 2.11 bits per heavy atom. The third-order valence-electron chi connectivity index (χ3n) is 3.47. The van der Waals surface area contributed by atoms with E-state index in [1.54, 1.807) is 0 Å². The number of aliphatic carboxylic acids is 1. The van der Waals surface area contributed by atoms with Gasteiger partial charge in [-0.1, -0.05) is 6.42 Å². The lowest BCUT2D eigenvalue weighted by Crippen LogP contribution is -2.39. The summed E-state index contributed by atoms with van der Waals surface area (Å²) in [5.74, 6) is -1.22. The molecule has 1 aliphatic carbocycles. The maximum Gasteiger partial charge on any atom is 0.306 e. The minimum absolute atomic E-state index is 0.0378. The molecule has 1 aliphatic rings. The molecular formula is C13H18N2O3S. The number of carboxylic acid groups (broad SMARTS) is 1. The maximum atomic E-state index is 12.1. The van der Waals surface area contributed by atoms with Crippen molar-refractivity contribution in [3.05, 3.63) is 15.6 Å². The molecule has 1 saturated carbocycles. The second-order valence-corrected chi connectivity index (χ2v) is 6.22. The third-order valence-corrected chi connectivity index (χ3v) is 4.54. The minimum Gasteiger partial charge on any atom is -0.481 e. The van der Waals surface area contributed by atoms with Crippen LogP contribution in [0.4, 0.5) is 0 Å². The molecule has 0 saturated heterocycles. The summed E-state index contributed by atoms with van der Waals surface area (Å²) in [5.41, 5.74) is 0.741. The number of thiazole rings is 1. The zero-order chi connectivity index (χ0) is 14.0. The monoisotopic (exact) mass is 282 g/mol. The van der Waals surface area contributed by atoms with Crippen LogP contribution in [0.15, 0.2) is 0 Å². The molecule has 6 heteroatoms. The highest BCUT2D eigenvalue weighted by molar-refractivity contribution is 7.13. The van der Waals surface area contributed by atoms with Crippen molar-refractivity contribution in [2.45, 2.75) is 45.6 Å². The molecule has 1 heterocycles. The van der Waals surface area contributed by atoms with Crippen LogP contribution in [0.1, 0.15) is 46.1 Å². The van der Waals surface area contributed by atoms with Gasteiger partial charge in [0.05, 0.1) is 16.6 Å². The van der Waals surface area contributed by atoms with Crippen LogP contribution in [0.3, 0.4) is 0 Å². The Bertz CT molecular complexity index is 498. The van der Waals surface area contributed by atoms with Crippen LogP contribution < -0.4 is 5.32 Å². The van der Waals surface area contributed by atoms with Gasteiger partial charge >= 0.3 is 5.97 Å². The SMILES string of the molecule is Cc1nc(C)c(C(=O)NC2CCCC(C(=O)O)C2)s1. The maximum absolute atomic E-state index is 12.1. The Hall–Kier alpha value is -1.43. The molecule has 2 atom stereocenters. The fraction of sp³-hybridized carbons (Fsp3) is 0.615. The zero-order valence-electron chi connectivity index (χ0n) is 11.1. The predicted molar refractivity (Wildman–Crippen MR) is 72.4 cm³/mol. The molecule has 2 N–H and O–H groups in total. The first kappa shape index (κ1) is 14.0. The number of aromatic nitrogens is 1. The van der Waals surface area contributed by atoms with E-state index in [-0.39, 0.29) is 17.9 Å². The lowest BCUT2D eigenvalue weighted by molar-refractivity contribution is -0.143. The van der Waals surface area contributed by atoms with Gasteiger partial charge in [0.2, 0.25) is 0 Å². The summed E-state index contributed by atoms with van der Waals surface area (Å²) < 4.78 is 0. The predicted octanol–water partition coefficient (Wildman–Crippen LogP) is 2.13. The largest absolute Gasteiger partial charge is 0.481 e. The number of carbonyl (C=O) groups excluding carboxylic acids is 1. The second kappa shape index (κ2) is 5.69. The molecule has 1 fully saturated rings. The molecule has 2 unspecified atom stereocenters. The van der Waals surface area contributed by atoms with E-state index >= 15 is 0 Å². The quantitative estimate of drug-likeness (QED) is 0.890. The topological polar surface area (TPSA) is 79.3 Å². The summed E-state index contributed by atoms with van der Waals surface area (Å²) in [4.78, 5) is 28.0. The Morgan fingerprint density at radius 1 is 1.37 bits per heavy atom. The molecule has 0 radical (unpaired) electrons. The summed E-state index contributed by atoms with van der Waals surface area (Å²) in [6.07, 6.45) is 2.94. The van der Waals surface area contributed by atoms with Gasteiger partial charge in [-0.25, -0.2) is 4.98 Å². The third kappa shape index (κ3) is 3.32. The van der Waals surface area contributed by atoms with Crippen LogP contribution in [0.25, 0.3) is 0 Å². The molecule has 1 aromatic heterocycles. The van der Waals surface area contributed by atoms with Crippen molar-refractivity contribution in [2.24, 2.45) is 5.92 Å².